The van der Waals surface area contributed by atoms with E-state index in [0.29, 0.717) is 0 Å². The number of nitrogen functional groups attached to an aromatic ring is 1. The summed E-state index contributed by atoms with van der Waals surface area (Å²) in [5, 5.41) is 0. The van der Waals surface area contributed by atoms with Gasteiger partial charge in [-0.2, -0.15) is 0 Å². The van der Waals surface area contributed by atoms with Gasteiger partial charge in [-0.3, -0.25) is 0 Å². The van der Waals surface area contributed by atoms with Gasteiger partial charge in [-0.15, -0.1) is 0 Å². The number of hydrogen-bond acceptors (Lipinski definition) is 4. The van der Waals surface area contributed by atoms with E-state index in [4.69, 9.17) is 10.5 Å². The highest BCUT2D eigenvalue weighted by atomic mass is 19.1. The number of carbonyl (C=O) groups is 1. The summed E-state index contributed by atoms with van der Waals surface area (Å²) in [5.41, 5.74) is 5.78. The molecule has 1 aromatic rings. The average Bonchev–Trinajstić information content (AvgIpc) is 2.45. The fourth-order valence-electron chi connectivity index (χ4n) is 2.08. The van der Waals surface area contributed by atoms with Gasteiger partial charge in [0.1, 0.15) is 0 Å². The van der Waals surface area contributed by atoms with Crippen molar-refractivity contribution in [1.29, 1.82) is 0 Å². The Morgan fingerprint density at radius 1 is 1.33 bits per heavy atom. The maximum atomic E-state index is 13.8. The van der Waals surface area contributed by atoms with Crippen molar-refractivity contribution in [2.75, 3.05) is 12.8 Å². The van der Waals surface area contributed by atoms with E-state index in [0.717, 1.165) is 25.3 Å². The number of rotatable bonds is 8. The van der Waals surface area contributed by atoms with Gasteiger partial charge >= 0.3 is 5.97 Å². The highest BCUT2D eigenvalue weighted by Gasteiger charge is 2.17. The third kappa shape index (κ3) is 5.25. The minimum absolute atomic E-state index is 0.0348. The lowest BCUT2D eigenvalue weighted by Crippen LogP contribution is -2.14. The van der Waals surface area contributed by atoms with Gasteiger partial charge in [0.2, 0.25) is 0 Å². The highest BCUT2D eigenvalue weighted by molar-refractivity contribution is 5.95. The van der Waals surface area contributed by atoms with Crippen LogP contribution in [0.4, 0.5) is 10.1 Å². The Kier molecular flexibility index (Phi) is 6.99. The molecule has 1 rings (SSSR count). The SMILES string of the molecule is CCCCCCC(C)Oc1cc(C(=O)OC)c(N)cc1F. The van der Waals surface area contributed by atoms with Crippen LogP contribution in [0.15, 0.2) is 12.1 Å². The molecular weight excluding hydrogens is 273 g/mol. The highest BCUT2D eigenvalue weighted by Crippen LogP contribution is 2.26. The first-order chi connectivity index (χ1) is 9.99. The summed E-state index contributed by atoms with van der Waals surface area (Å²) in [6, 6.07) is 2.39. The molecule has 0 saturated carbocycles. The van der Waals surface area contributed by atoms with Crippen LogP contribution < -0.4 is 10.5 Å². The summed E-state index contributed by atoms with van der Waals surface area (Å²) >= 11 is 0. The van der Waals surface area contributed by atoms with Gasteiger partial charge in [0.15, 0.2) is 11.6 Å². The minimum Gasteiger partial charge on any atom is -0.488 e. The van der Waals surface area contributed by atoms with Crippen LogP contribution in [0.3, 0.4) is 0 Å². The van der Waals surface area contributed by atoms with Gasteiger partial charge in [0, 0.05) is 11.8 Å². The van der Waals surface area contributed by atoms with E-state index in [2.05, 4.69) is 11.7 Å². The Bertz CT molecular complexity index is 477. The van der Waals surface area contributed by atoms with Crippen molar-refractivity contribution >= 4 is 11.7 Å². The smallest absolute Gasteiger partial charge is 0.340 e. The number of ether oxygens (including phenoxy) is 2. The third-order valence-electron chi connectivity index (χ3n) is 3.30. The largest absolute Gasteiger partial charge is 0.488 e. The van der Waals surface area contributed by atoms with E-state index in [9.17, 15) is 9.18 Å². The summed E-state index contributed by atoms with van der Waals surface area (Å²) in [7, 11) is 1.25. The van der Waals surface area contributed by atoms with E-state index < -0.39 is 11.8 Å². The molecule has 1 atom stereocenters. The molecule has 0 bridgehead atoms. The molecule has 21 heavy (non-hydrogen) atoms. The summed E-state index contributed by atoms with van der Waals surface area (Å²) in [6.07, 6.45) is 5.26. The van der Waals surface area contributed by atoms with E-state index in [1.54, 1.807) is 0 Å². The second kappa shape index (κ2) is 8.49. The zero-order valence-electron chi connectivity index (χ0n) is 12.9. The molecule has 1 aromatic carbocycles. The van der Waals surface area contributed by atoms with Crippen LogP contribution in [0.5, 0.6) is 5.75 Å². The van der Waals surface area contributed by atoms with Gasteiger partial charge in [-0.25, -0.2) is 9.18 Å². The predicted octanol–water partition coefficient (Wildman–Crippen LogP) is 3.93. The van der Waals surface area contributed by atoms with Crippen LogP contribution in [0.1, 0.15) is 56.3 Å². The Morgan fingerprint density at radius 2 is 2.05 bits per heavy atom. The number of carbonyl (C=O) groups excluding carboxylic acids is 1. The number of nitrogens with two attached hydrogens (primary N) is 1. The van der Waals surface area contributed by atoms with Gasteiger partial charge in [-0.05, 0) is 25.8 Å². The molecule has 5 heteroatoms. The minimum atomic E-state index is -0.604. The molecule has 0 amide bonds. The molecule has 0 aromatic heterocycles. The Labute approximate surface area is 125 Å². The Balaban J connectivity index is 2.71. The quantitative estimate of drug-likeness (QED) is 0.448. The molecule has 0 radical (unpaired) electrons. The van der Waals surface area contributed by atoms with Crippen molar-refractivity contribution < 1.29 is 18.7 Å². The molecule has 0 heterocycles. The standard InChI is InChI=1S/C16H24FNO3/c1-4-5-6-7-8-11(2)21-15-9-12(16(19)20-3)14(18)10-13(15)17/h9-11H,4-8,18H2,1-3H3. The zero-order chi connectivity index (χ0) is 15.8. The molecule has 1 unspecified atom stereocenters. The lowest BCUT2D eigenvalue weighted by Gasteiger charge is -2.16. The first-order valence-corrected chi connectivity index (χ1v) is 7.33. The monoisotopic (exact) mass is 297 g/mol. The number of benzene rings is 1. The second-order valence-electron chi connectivity index (χ2n) is 5.14. The molecule has 0 aliphatic rings. The molecule has 118 valence electrons. The van der Waals surface area contributed by atoms with Crippen LogP contribution in [0.25, 0.3) is 0 Å². The zero-order valence-corrected chi connectivity index (χ0v) is 12.9. The molecule has 0 saturated heterocycles. The van der Waals surface area contributed by atoms with E-state index in [1.165, 1.54) is 26.0 Å². The number of anilines is 1. The maximum Gasteiger partial charge on any atom is 0.340 e. The van der Waals surface area contributed by atoms with Crippen molar-refractivity contribution in [1.82, 2.24) is 0 Å². The van der Waals surface area contributed by atoms with Crippen LogP contribution >= 0.6 is 0 Å². The Morgan fingerprint density at radius 3 is 2.67 bits per heavy atom. The normalized spacial score (nSPS) is 12.0. The van der Waals surface area contributed by atoms with Crippen molar-refractivity contribution in [2.45, 2.75) is 52.1 Å². The van der Waals surface area contributed by atoms with Crippen molar-refractivity contribution in [3.63, 3.8) is 0 Å². The number of methoxy groups -OCH3 is 1. The Hall–Kier alpha value is -1.78. The van der Waals surface area contributed by atoms with E-state index >= 15 is 0 Å². The van der Waals surface area contributed by atoms with Crippen LogP contribution in [0, 0.1) is 5.82 Å². The predicted molar refractivity (Wildman–Crippen MR) is 81.0 cm³/mol. The number of esters is 1. The summed E-state index contributed by atoms with van der Waals surface area (Å²) in [6.45, 7) is 4.04. The van der Waals surface area contributed by atoms with E-state index in [-0.39, 0.29) is 23.1 Å². The first-order valence-electron chi connectivity index (χ1n) is 7.33. The number of halogens is 1. The molecular formula is C16H24FNO3. The lowest BCUT2D eigenvalue weighted by molar-refractivity contribution is 0.0601. The molecule has 0 aliphatic heterocycles. The van der Waals surface area contributed by atoms with Crippen LogP contribution in [0.2, 0.25) is 0 Å². The van der Waals surface area contributed by atoms with E-state index in [1.807, 2.05) is 6.92 Å². The fourth-order valence-corrected chi connectivity index (χ4v) is 2.08. The summed E-state index contributed by atoms with van der Waals surface area (Å²) < 4.78 is 24.0. The molecule has 4 nitrogen and oxygen atoms in total. The topological polar surface area (TPSA) is 61.5 Å². The molecule has 2 N–H and O–H groups in total. The maximum absolute atomic E-state index is 13.8. The molecule has 0 fully saturated rings. The van der Waals surface area contributed by atoms with Crippen molar-refractivity contribution in [3.8, 4) is 5.75 Å². The van der Waals surface area contributed by atoms with Gasteiger partial charge in [0.25, 0.3) is 0 Å². The van der Waals surface area contributed by atoms with Crippen molar-refractivity contribution in [3.05, 3.63) is 23.5 Å². The van der Waals surface area contributed by atoms with Crippen LogP contribution in [-0.4, -0.2) is 19.2 Å². The first kappa shape index (κ1) is 17.3. The van der Waals surface area contributed by atoms with Gasteiger partial charge < -0.3 is 15.2 Å². The molecule has 0 spiro atoms. The fraction of sp³-hybridized carbons (Fsp3) is 0.562. The van der Waals surface area contributed by atoms with Crippen molar-refractivity contribution in [2.24, 2.45) is 0 Å². The van der Waals surface area contributed by atoms with Gasteiger partial charge in [-0.1, -0.05) is 26.2 Å². The average molecular weight is 297 g/mol. The van der Waals surface area contributed by atoms with Gasteiger partial charge in [0.05, 0.1) is 18.8 Å². The summed E-state index contributed by atoms with van der Waals surface area (Å²) in [4.78, 5) is 11.5. The number of hydrogen-bond donors (Lipinski definition) is 1. The molecule has 0 aliphatic carbocycles. The number of unbranched alkanes of at least 4 members (excludes halogenated alkanes) is 3. The second-order valence-corrected chi connectivity index (χ2v) is 5.14. The van der Waals surface area contributed by atoms with Crippen LogP contribution in [-0.2, 0) is 4.74 Å². The summed E-state index contributed by atoms with van der Waals surface area (Å²) in [5.74, 6) is -1.14. The third-order valence-corrected chi connectivity index (χ3v) is 3.30. The lowest BCUT2D eigenvalue weighted by atomic mass is 10.1.